The Balaban J connectivity index is 3.17. The lowest BCUT2D eigenvalue weighted by Gasteiger charge is -2.10. The molecule has 1 atom stereocenters. The Morgan fingerprint density at radius 1 is 1.35 bits per heavy atom. The van der Waals surface area contributed by atoms with Gasteiger partial charge in [-0.05, 0) is 25.1 Å². The Morgan fingerprint density at radius 2 is 1.94 bits per heavy atom. The van der Waals surface area contributed by atoms with Gasteiger partial charge in [0.25, 0.3) is 0 Å². The minimum absolute atomic E-state index is 0.357. The molecule has 1 aromatic rings. The van der Waals surface area contributed by atoms with Gasteiger partial charge in [0.2, 0.25) is 0 Å². The van der Waals surface area contributed by atoms with Crippen molar-refractivity contribution in [3.63, 3.8) is 0 Å². The molecule has 0 saturated heterocycles. The van der Waals surface area contributed by atoms with Crippen LogP contribution in [0.4, 0.5) is 13.2 Å². The minimum atomic E-state index is -4.56. The topological polar surface area (TPSA) is 60.2 Å². The summed E-state index contributed by atoms with van der Waals surface area (Å²) in [5, 5.41) is 0. The van der Waals surface area contributed by atoms with Crippen LogP contribution in [0.2, 0.25) is 0 Å². The summed E-state index contributed by atoms with van der Waals surface area (Å²) >= 11 is 0. The highest BCUT2D eigenvalue weighted by Gasteiger charge is 2.31. The van der Waals surface area contributed by atoms with Gasteiger partial charge < -0.3 is 5.73 Å². The van der Waals surface area contributed by atoms with E-state index in [1.807, 2.05) is 0 Å². The molecule has 0 bridgehead atoms. The number of hydrogen-bond donors (Lipinski definition) is 1. The minimum Gasteiger partial charge on any atom is -0.327 e. The standard InChI is InChI=1S/C10H12F3NO2S/c1-7(14)6-17(15,16)9-4-2-3-8(5-9)10(11,12)13/h2-5,7H,6,14H2,1H3. The van der Waals surface area contributed by atoms with E-state index in [0.717, 1.165) is 18.2 Å². The van der Waals surface area contributed by atoms with E-state index < -0.39 is 27.6 Å². The van der Waals surface area contributed by atoms with E-state index in [2.05, 4.69) is 0 Å². The summed E-state index contributed by atoms with van der Waals surface area (Å²) in [4.78, 5) is -0.357. The molecule has 1 aromatic carbocycles. The lowest BCUT2D eigenvalue weighted by molar-refractivity contribution is -0.137. The maximum absolute atomic E-state index is 12.4. The van der Waals surface area contributed by atoms with Gasteiger partial charge in [0.15, 0.2) is 9.84 Å². The second-order valence-corrected chi connectivity index (χ2v) is 5.82. The first-order valence-corrected chi connectivity index (χ1v) is 6.44. The average Bonchev–Trinajstić information content (AvgIpc) is 2.14. The van der Waals surface area contributed by atoms with Crippen molar-refractivity contribution in [2.75, 3.05) is 5.75 Å². The zero-order chi connectivity index (χ0) is 13.3. The van der Waals surface area contributed by atoms with Gasteiger partial charge in [-0.15, -0.1) is 0 Å². The summed E-state index contributed by atoms with van der Waals surface area (Å²) in [5.41, 5.74) is 4.36. The van der Waals surface area contributed by atoms with Gasteiger partial charge in [-0.3, -0.25) is 0 Å². The quantitative estimate of drug-likeness (QED) is 0.908. The van der Waals surface area contributed by atoms with Gasteiger partial charge in [-0.2, -0.15) is 13.2 Å². The van der Waals surface area contributed by atoms with Crippen molar-refractivity contribution < 1.29 is 21.6 Å². The van der Waals surface area contributed by atoms with Crippen molar-refractivity contribution in [1.29, 1.82) is 0 Å². The number of nitrogens with two attached hydrogens (primary N) is 1. The lowest BCUT2D eigenvalue weighted by atomic mass is 10.2. The smallest absolute Gasteiger partial charge is 0.327 e. The Morgan fingerprint density at radius 3 is 2.41 bits per heavy atom. The van der Waals surface area contributed by atoms with Crippen molar-refractivity contribution in [2.45, 2.75) is 24.0 Å². The highest BCUT2D eigenvalue weighted by molar-refractivity contribution is 7.91. The Labute approximate surface area is 97.4 Å². The fraction of sp³-hybridized carbons (Fsp3) is 0.400. The first-order chi connectivity index (χ1) is 7.63. The van der Waals surface area contributed by atoms with E-state index in [9.17, 15) is 21.6 Å². The zero-order valence-electron chi connectivity index (χ0n) is 9.03. The van der Waals surface area contributed by atoms with Crippen molar-refractivity contribution in [1.82, 2.24) is 0 Å². The molecule has 0 spiro atoms. The summed E-state index contributed by atoms with van der Waals surface area (Å²) in [5.74, 6) is -0.381. The summed E-state index contributed by atoms with van der Waals surface area (Å²) in [7, 11) is -3.77. The summed E-state index contributed by atoms with van der Waals surface area (Å²) < 4.78 is 60.5. The number of sulfone groups is 1. The SMILES string of the molecule is CC(N)CS(=O)(=O)c1cccc(C(F)(F)F)c1. The normalized spacial score (nSPS) is 14.6. The molecule has 1 unspecified atom stereocenters. The highest BCUT2D eigenvalue weighted by atomic mass is 32.2. The van der Waals surface area contributed by atoms with Crippen molar-refractivity contribution >= 4 is 9.84 Å². The van der Waals surface area contributed by atoms with E-state index in [4.69, 9.17) is 5.73 Å². The van der Waals surface area contributed by atoms with Crippen LogP contribution in [0, 0.1) is 0 Å². The van der Waals surface area contributed by atoms with E-state index >= 15 is 0 Å². The van der Waals surface area contributed by atoms with Gasteiger partial charge in [0, 0.05) is 6.04 Å². The molecule has 0 aliphatic rings. The second kappa shape index (κ2) is 4.66. The molecule has 96 valence electrons. The molecule has 17 heavy (non-hydrogen) atoms. The Bertz CT molecular complexity index is 495. The molecule has 2 N–H and O–H groups in total. The largest absolute Gasteiger partial charge is 0.416 e. The first-order valence-electron chi connectivity index (χ1n) is 4.78. The van der Waals surface area contributed by atoms with Crippen molar-refractivity contribution in [3.05, 3.63) is 29.8 Å². The van der Waals surface area contributed by atoms with Gasteiger partial charge in [-0.1, -0.05) is 6.07 Å². The molecular weight excluding hydrogens is 255 g/mol. The number of benzene rings is 1. The molecule has 0 heterocycles. The predicted octanol–water partition coefficient (Wildman–Crippen LogP) is 1.83. The summed E-state index contributed by atoms with van der Waals surface area (Å²) in [6.45, 7) is 1.48. The monoisotopic (exact) mass is 267 g/mol. The fourth-order valence-corrected chi connectivity index (χ4v) is 2.79. The van der Waals surface area contributed by atoms with Crippen LogP contribution in [0.3, 0.4) is 0 Å². The van der Waals surface area contributed by atoms with Crippen LogP contribution in [0.5, 0.6) is 0 Å². The third-order valence-corrected chi connectivity index (χ3v) is 3.94. The summed E-state index contributed by atoms with van der Waals surface area (Å²) in [6, 6.07) is 3.02. The number of alkyl halides is 3. The number of hydrogen-bond acceptors (Lipinski definition) is 3. The van der Waals surface area contributed by atoms with Crippen LogP contribution in [-0.4, -0.2) is 20.2 Å². The molecule has 0 radical (unpaired) electrons. The van der Waals surface area contributed by atoms with Gasteiger partial charge in [-0.25, -0.2) is 8.42 Å². The first kappa shape index (κ1) is 14.0. The fourth-order valence-electron chi connectivity index (χ4n) is 1.31. The lowest BCUT2D eigenvalue weighted by Crippen LogP contribution is -2.26. The molecule has 7 heteroatoms. The molecule has 1 rings (SSSR count). The number of halogens is 3. The molecule has 3 nitrogen and oxygen atoms in total. The molecule has 0 fully saturated rings. The van der Waals surface area contributed by atoms with E-state index in [0.29, 0.717) is 6.07 Å². The molecule has 0 aliphatic carbocycles. The van der Waals surface area contributed by atoms with Crippen LogP contribution < -0.4 is 5.73 Å². The maximum Gasteiger partial charge on any atom is 0.416 e. The van der Waals surface area contributed by atoms with Crippen LogP contribution in [0.1, 0.15) is 12.5 Å². The molecule has 0 amide bonds. The van der Waals surface area contributed by atoms with Gasteiger partial charge in [0.1, 0.15) is 0 Å². The number of rotatable bonds is 3. The van der Waals surface area contributed by atoms with E-state index in [1.165, 1.54) is 6.92 Å². The van der Waals surface area contributed by atoms with E-state index in [-0.39, 0.29) is 10.6 Å². The third kappa shape index (κ3) is 3.71. The maximum atomic E-state index is 12.4. The van der Waals surface area contributed by atoms with Gasteiger partial charge >= 0.3 is 6.18 Å². The van der Waals surface area contributed by atoms with Crippen LogP contribution in [0.15, 0.2) is 29.2 Å². The Hall–Kier alpha value is -1.08. The van der Waals surface area contributed by atoms with E-state index in [1.54, 1.807) is 0 Å². The molecular formula is C10H12F3NO2S. The van der Waals surface area contributed by atoms with Crippen molar-refractivity contribution in [3.8, 4) is 0 Å². The van der Waals surface area contributed by atoms with Crippen LogP contribution >= 0.6 is 0 Å². The van der Waals surface area contributed by atoms with Crippen LogP contribution in [-0.2, 0) is 16.0 Å². The molecule has 0 aromatic heterocycles. The third-order valence-electron chi connectivity index (χ3n) is 2.00. The zero-order valence-corrected chi connectivity index (χ0v) is 9.85. The van der Waals surface area contributed by atoms with Crippen molar-refractivity contribution in [2.24, 2.45) is 5.73 Å². The molecule has 0 aliphatic heterocycles. The molecule has 0 saturated carbocycles. The van der Waals surface area contributed by atoms with Gasteiger partial charge in [0.05, 0.1) is 16.2 Å². The van der Waals surface area contributed by atoms with Crippen LogP contribution in [0.25, 0.3) is 0 Å². The second-order valence-electron chi connectivity index (χ2n) is 3.78. The highest BCUT2D eigenvalue weighted by Crippen LogP contribution is 2.30. The Kier molecular flexibility index (Phi) is 3.83. The predicted molar refractivity (Wildman–Crippen MR) is 57.1 cm³/mol. The summed E-state index contributed by atoms with van der Waals surface area (Å²) in [6.07, 6.45) is -4.56. The average molecular weight is 267 g/mol.